The lowest BCUT2D eigenvalue weighted by Crippen LogP contribution is -2.08. The number of rotatable bonds is 1. The number of pyridine rings is 1. The van der Waals surface area contributed by atoms with E-state index in [4.69, 9.17) is 22.5 Å². The smallest absolute Gasteiger partial charge is 0.335 e. The second kappa shape index (κ2) is 3.06. The van der Waals surface area contributed by atoms with E-state index < -0.39 is 16.4 Å². The highest BCUT2D eigenvalue weighted by Gasteiger charge is 2.23. The van der Waals surface area contributed by atoms with Crippen LogP contribution in [-0.4, -0.2) is 9.91 Å². The Morgan fingerprint density at radius 1 is 1.36 bits per heavy atom. The van der Waals surface area contributed by atoms with Crippen LogP contribution >= 0.6 is 0 Å². The van der Waals surface area contributed by atoms with E-state index in [1.54, 1.807) is 6.07 Å². The third-order valence-electron chi connectivity index (χ3n) is 1.56. The van der Waals surface area contributed by atoms with Gasteiger partial charge in [0.05, 0.1) is 4.92 Å². The van der Waals surface area contributed by atoms with Gasteiger partial charge in [0.25, 0.3) is 0 Å². The van der Waals surface area contributed by atoms with Gasteiger partial charge in [0, 0.05) is 0 Å². The summed E-state index contributed by atoms with van der Waals surface area (Å²) in [7, 11) is 0. The molecule has 1 rings (SSSR count). The minimum absolute atomic E-state index is 0.215. The summed E-state index contributed by atoms with van der Waals surface area (Å²) in [5, 5.41) is 19.1. The number of hydrogen-bond acceptors (Lipinski definition) is 7. The lowest BCUT2D eigenvalue weighted by Gasteiger charge is -2.03. The standard InChI is InChI=1S/C6H6N6O2/c7-1-2-3(8)4(12(13)14)6(10)11-5(2)9/h(H6,8,9,10,11). The SMILES string of the molecule is N#Cc1c(N)nc(N)c([N+](=O)[O-])c1N. The Hall–Kier alpha value is -2.56. The number of nitrogens with zero attached hydrogens (tertiary/aromatic N) is 3. The molecule has 14 heavy (non-hydrogen) atoms. The molecular weight excluding hydrogens is 188 g/mol. The van der Waals surface area contributed by atoms with Crippen molar-refractivity contribution in [3.63, 3.8) is 0 Å². The first-order valence-electron chi connectivity index (χ1n) is 3.38. The molecule has 0 saturated carbocycles. The van der Waals surface area contributed by atoms with Gasteiger partial charge in [-0.25, -0.2) is 4.98 Å². The average Bonchev–Trinajstić information content (AvgIpc) is 2.02. The maximum Gasteiger partial charge on any atom is 0.335 e. The van der Waals surface area contributed by atoms with Crippen LogP contribution in [0.5, 0.6) is 0 Å². The molecule has 1 aromatic rings. The Balaban J connectivity index is 3.62. The summed E-state index contributed by atoms with van der Waals surface area (Å²) in [6.07, 6.45) is 0. The highest BCUT2D eigenvalue weighted by atomic mass is 16.6. The number of hydrogen-bond donors (Lipinski definition) is 3. The third-order valence-corrected chi connectivity index (χ3v) is 1.56. The monoisotopic (exact) mass is 194 g/mol. The van der Waals surface area contributed by atoms with Crippen LogP contribution in [0.25, 0.3) is 0 Å². The lowest BCUT2D eigenvalue weighted by molar-refractivity contribution is -0.383. The second-order valence-electron chi connectivity index (χ2n) is 2.39. The molecule has 0 aliphatic rings. The molecular formula is C6H6N6O2. The van der Waals surface area contributed by atoms with E-state index in [0.717, 1.165) is 0 Å². The van der Waals surface area contributed by atoms with Gasteiger partial charge in [-0.1, -0.05) is 0 Å². The number of nitrogen functional groups attached to an aromatic ring is 3. The van der Waals surface area contributed by atoms with E-state index >= 15 is 0 Å². The van der Waals surface area contributed by atoms with Gasteiger partial charge in [-0.15, -0.1) is 0 Å². The fraction of sp³-hybridized carbons (Fsp3) is 0. The molecule has 0 radical (unpaired) electrons. The van der Waals surface area contributed by atoms with Gasteiger partial charge in [-0.2, -0.15) is 5.26 Å². The first-order valence-corrected chi connectivity index (χ1v) is 3.38. The van der Waals surface area contributed by atoms with Crippen LogP contribution in [0.2, 0.25) is 0 Å². The van der Waals surface area contributed by atoms with Crippen LogP contribution in [0, 0.1) is 21.4 Å². The zero-order valence-electron chi connectivity index (χ0n) is 6.89. The predicted octanol–water partition coefficient (Wildman–Crippen LogP) is -0.392. The van der Waals surface area contributed by atoms with E-state index in [-0.39, 0.29) is 17.1 Å². The van der Waals surface area contributed by atoms with Crippen molar-refractivity contribution in [1.29, 1.82) is 5.26 Å². The number of aromatic nitrogens is 1. The summed E-state index contributed by atoms with van der Waals surface area (Å²) in [6, 6.07) is 1.61. The van der Waals surface area contributed by atoms with Gasteiger partial charge in [-0.05, 0) is 0 Å². The molecule has 6 N–H and O–H groups in total. The Kier molecular flexibility index (Phi) is 2.08. The number of anilines is 3. The second-order valence-corrected chi connectivity index (χ2v) is 2.39. The minimum atomic E-state index is -0.808. The molecule has 0 aliphatic carbocycles. The van der Waals surface area contributed by atoms with Crippen molar-refractivity contribution in [3.8, 4) is 6.07 Å². The van der Waals surface area contributed by atoms with Crippen LogP contribution in [0.4, 0.5) is 23.0 Å². The summed E-state index contributed by atoms with van der Waals surface area (Å²) in [6.45, 7) is 0. The first kappa shape index (κ1) is 9.53. The Morgan fingerprint density at radius 2 is 1.93 bits per heavy atom. The van der Waals surface area contributed by atoms with Gasteiger partial charge in [0.2, 0.25) is 5.82 Å². The molecule has 0 aliphatic heterocycles. The van der Waals surface area contributed by atoms with Crippen LogP contribution < -0.4 is 17.2 Å². The van der Waals surface area contributed by atoms with Crippen molar-refractivity contribution in [2.24, 2.45) is 0 Å². The van der Waals surface area contributed by atoms with Gasteiger partial charge in [-0.3, -0.25) is 10.1 Å². The van der Waals surface area contributed by atoms with Crippen LogP contribution in [-0.2, 0) is 0 Å². The van der Waals surface area contributed by atoms with Gasteiger partial charge < -0.3 is 17.2 Å². The molecule has 0 fully saturated rings. The van der Waals surface area contributed by atoms with Gasteiger partial charge in [0.1, 0.15) is 23.1 Å². The van der Waals surface area contributed by atoms with Crippen LogP contribution in [0.1, 0.15) is 5.56 Å². The van der Waals surface area contributed by atoms with E-state index in [0.29, 0.717) is 0 Å². The normalized spacial score (nSPS) is 9.36. The Morgan fingerprint density at radius 3 is 2.36 bits per heavy atom. The van der Waals surface area contributed by atoms with E-state index in [1.165, 1.54) is 0 Å². The summed E-state index contributed by atoms with van der Waals surface area (Å²) < 4.78 is 0. The van der Waals surface area contributed by atoms with Crippen molar-refractivity contribution in [1.82, 2.24) is 4.98 Å². The van der Waals surface area contributed by atoms with Crippen molar-refractivity contribution in [2.75, 3.05) is 17.2 Å². The van der Waals surface area contributed by atoms with Crippen molar-refractivity contribution < 1.29 is 4.92 Å². The zero-order chi connectivity index (χ0) is 10.9. The molecule has 0 amide bonds. The predicted molar refractivity (Wildman–Crippen MR) is 48.8 cm³/mol. The topological polar surface area (TPSA) is 158 Å². The maximum atomic E-state index is 10.5. The maximum absolute atomic E-state index is 10.5. The molecule has 0 unspecified atom stereocenters. The van der Waals surface area contributed by atoms with E-state index in [2.05, 4.69) is 4.98 Å². The molecule has 0 aromatic carbocycles. The Labute approximate surface area is 78.1 Å². The quantitative estimate of drug-likeness (QED) is 0.405. The molecule has 8 nitrogen and oxygen atoms in total. The van der Waals surface area contributed by atoms with E-state index in [1.807, 2.05) is 0 Å². The summed E-state index contributed by atoms with van der Waals surface area (Å²) in [5.41, 5.74) is 14.7. The number of nitriles is 1. The lowest BCUT2D eigenvalue weighted by atomic mass is 10.2. The fourth-order valence-electron chi connectivity index (χ4n) is 0.942. The molecule has 0 spiro atoms. The molecule has 1 heterocycles. The average molecular weight is 194 g/mol. The molecule has 1 aromatic heterocycles. The molecule has 0 saturated heterocycles. The molecule has 0 bridgehead atoms. The highest BCUT2D eigenvalue weighted by molar-refractivity contribution is 5.80. The number of nitro groups is 1. The fourth-order valence-corrected chi connectivity index (χ4v) is 0.942. The minimum Gasteiger partial charge on any atom is -0.392 e. The summed E-state index contributed by atoms with van der Waals surface area (Å²) in [4.78, 5) is 13.1. The van der Waals surface area contributed by atoms with Crippen molar-refractivity contribution >= 4 is 23.0 Å². The van der Waals surface area contributed by atoms with Gasteiger partial charge >= 0.3 is 5.69 Å². The van der Waals surface area contributed by atoms with Crippen LogP contribution in [0.15, 0.2) is 0 Å². The van der Waals surface area contributed by atoms with Crippen molar-refractivity contribution in [3.05, 3.63) is 15.7 Å². The van der Waals surface area contributed by atoms with E-state index in [9.17, 15) is 10.1 Å². The number of nitrogens with two attached hydrogens (primary N) is 3. The highest BCUT2D eigenvalue weighted by Crippen LogP contribution is 2.32. The third kappa shape index (κ3) is 1.22. The zero-order valence-corrected chi connectivity index (χ0v) is 6.89. The first-order chi connectivity index (χ1) is 6.49. The summed E-state index contributed by atoms with van der Waals surface area (Å²) >= 11 is 0. The van der Waals surface area contributed by atoms with Crippen LogP contribution in [0.3, 0.4) is 0 Å². The van der Waals surface area contributed by atoms with Crippen molar-refractivity contribution in [2.45, 2.75) is 0 Å². The largest absolute Gasteiger partial charge is 0.392 e. The van der Waals surface area contributed by atoms with Gasteiger partial charge in [0.15, 0.2) is 0 Å². The molecule has 72 valence electrons. The summed E-state index contributed by atoms with van der Waals surface area (Å²) in [5.74, 6) is -0.614. The Bertz CT molecular complexity index is 449. The molecule has 8 heteroatoms. The molecule has 0 atom stereocenters.